The first-order valence-electron chi connectivity index (χ1n) is 6.14. The van der Waals surface area contributed by atoms with Crippen LogP contribution in [-0.4, -0.2) is 43.0 Å². The molecule has 1 atom stereocenters. The predicted molar refractivity (Wildman–Crippen MR) is 76.9 cm³/mol. The van der Waals surface area contributed by atoms with Crippen LogP contribution in [-0.2, 0) is 4.79 Å². The van der Waals surface area contributed by atoms with E-state index in [-0.39, 0.29) is 18.3 Å². The van der Waals surface area contributed by atoms with E-state index in [0.717, 1.165) is 11.5 Å². The molecule has 6 nitrogen and oxygen atoms in total. The summed E-state index contributed by atoms with van der Waals surface area (Å²) < 4.78 is 10.3. The standard InChI is InChI=1S/C13H18N2O4.ClH/c1-18-11-6-5-9(8-12(11)19-2)14-13(16)10-4-3-7-15(10)17;/h5-6,8,10,17H,3-4,7H2,1-2H3,(H,14,16);1H. The number of hydroxylamine groups is 2. The van der Waals surface area contributed by atoms with Crippen molar-refractivity contribution in [1.82, 2.24) is 5.06 Å². The van der Waals surface area contributed by atoms with Crippen molar-refractivity contribution in [2.24, 2.45) is 0 Å². The number of benzene rings is 1. The van der Waals surface area contributed by atoms with Gasteiger partial charge in [0, 0.05) is 18.3 Å². The Labute approximate surface area is 124 Å². The molecule has 1 unspecified atom stereocenters. The highest BCUT2D eigenvalue weighted by Crippen LogP contribution is 2.30. The number of rotatable bonds is 4. The lowest BCUT2D eigenvalue weighted by molar-refractivity contribution is -0.140. The zero-order valence-electron chi connectivity index (χ0n) is 11.5. The number of carbonyl (C=O) groups is 1. The minimum atomic E-state index is -0.479. The Balaban J connectivity index is 0.00000200. The number of nitrogens with zero attached hydrogens (tertiary/aromatic N) is 1. The van der Waals surface area contributed by atoms with E-state index < -0.39 is 6.04 Å². The monoisotopic (exact) mass is 302 g/mol. The fourth-order valence-corrected chi connectivity index (χ4v) is 2.16. The van der Waals surface area contributed by atoms with Gasteiger partial charge in [-0.3, -0.25) is 4.79 Å². The number of hydrogen-bond acceptors (Lipinski definition) is 5. The minimum Gasteiger partial charge on any atom is -0.493 e. The molecule has 0 spiro atoms. The smallest absolute Gasteiger partial charge is 0.244 e. The Morgan fingerprint density at radius 2 is 2.05 bits per heavy atom. The van der Waals surface area contributed by atoms with E-state index in [9.17, 15) is 10.0 Å². The Hall–Kier alpha value is -1.50. The Morgan fingerprint density at radius 1 is 1.35 bits per heavy atom. The highest BCUT2D eigenvalue weighted by Gasteiger charge is 2.29. The van der Waals surface area contributed by atoms with Crippen LogP contribution in [0.15, 0.2) is 18.2 Å². The van der Waals surface area contributed by atoms with Gasteiger partial charge in [-0.15, -0.1) is 12.4 Å². The number of ether oxygens (including phenoxy) is 2. The molecule has 1 amide bonds. The summed E-state index contributed by atoms with van der Waals surface area (Å²) in [6.45, 7) is 0.532. The van der Waals surface area contributed by atoms with Gasteiger partial charge in [-0.25, -0.2) is 0 Å². The molecule has 0 aliphatic carbocycles. The number of carbonyl (C=O) groups excluding carboxylic acids is 1. The van der Waals surface area contributed by atoms with E-state index in [1.807, 2.05) is 0 Å². The van der Waals surface area contributed by atoms with E-state index >= 15 is 0 Å². The SMILES string of the molecule is COc1ccc(NC(=O)C2CCCN2O)cc1OC.Cl. The average molecular weight is 303 g/mol. The van der Waals surface area contributed by atoms with Crippen LogP contribution >= 0.6 is 12.4 Å². The second-order valence-corrected chi connectivity index (χ2v) is 4.38. The minimum absolute atomic E-state index is 0. The number of methoxy groups -OCH3 is 2. The fraction of sp³-hybridized carbons (Fsp3) is 0.462. The van der Waals surface area contributed by atoms with Crippen LogP contribution in [0.5, 0.6) is 11.5 Å². The zero-order chi connectivity index (χ0) is 13.8. The molecule has 0 bridgehead atoms. The molecule has 1 heterocycles. The summed E-state index contributed by atoms with van der Waals surface area (Å²) in [4.78, 5) is 12.0. The van der Waals surface area contributed by atoms with Crippen molar-refractivity contribution in [1.29, 1.82) is 0 Å². The van der Waals surface area contributed by atoms with E-state index in [4.69, 9.17) is 9.47 Å². The van der Waals surface area contributed by atoms with Crippen molar-refractivity contribution < 1.29 is 19.5 Å². The van der Waals surface area contributed by atoms with Crippen LogP contribution in [0, 0.1) is 0 Å². The van der Waals surface area contributed by atoms with E-state index in [2.05, 4.69) is 5.32 Å². The number of amides is 1. The van der Waals surface area contributed by atoms with Gasteiger partial charge in [0.05, 0.1) is 14.2 Å². The molecule has 1 aromatic rings. The summed E-state index contributed by atoms with van der Waals surface area (Å²) in [5.41, 5.74) is 0.614. The highest BCUT2D eigenvalue weighted by molar-refractivity contribution is 5.95. The van der Waals surface area contributed by atoms with Crippen molar-refractivity contribution in [3.8, 4) is 11.5 Å². The Kier molecular flexibility index (Phi) is 6.06. The highest BCUT2D eigenvalue weighted by atomic mass is 35.5. The van der Waals surface area contributed by atoms with Gasteiger partial charge in [-0.05, 0) is 25.0 Å². The summed E-state index contributed by atoms with van der Waals surface area (Å²) >= 11 is 0. The Morgan fingerprint density at radius 3 is 2.60 bits per heavy atom. The molecular weight excluding hydrogens is 284 g/mol. The fourth-order valence-electron chi connectivity index (χ4n) is 2.16. The summed E-state index contributed by atoms with van der Waals surface area (Å²) in [5.74, 6) is 0.935. The van der Waals surface area contributed by atoms with Crippen molar-refractivity contribution >= 4 is 24.0 Å². The van der Waals surface area contributed by atoms with Crippen LogP contribution in [0.25, 0.3) is 0 Å². The zero-order valence-corrected chi connectivity index (χ0v) is 12.3. The first-order chi connectivity index (χ1) is 9.15. The van der Waals surface area contributed by atoms with Gasteiger partial charge in [0.2, 0.25) is 5.91 Å². The third kappa shape index (κ3) is 3.53. The van der Waals surface area contributed by atoms with E-state index in [1.165, 1.54) is 7.11 Å². The van der Waals surface area contributed by atoms with Crippen LogP contribution in [0.2, 0.25) is 0 Å². The number of halogens is 1. The predicted octanol–water partition coefficient (Wildman–Crippen LogP) is 1.92. The summed E-state index contributed by atoms with van der Waals surface area (Å²) in [6, 6.07) is 4.66. The maximum absolute atomic E-state index is 12.0. The van der Waals surface area contributed by atoms with Crippen molar-refractivity contribution in [2.45, 2.75) is 18.9 Å². The molecule has 1 fully saturated rings. The second-order valence-electron chi connectivity index (χ2n) is 4.38. The van der Waals surface area contributed by atoms with Crippen molar-refractivity contribution in [3.05, 3.63) is 18.2 Å². The third-order valence-electron chi connectivity index (χ3n) is 3.18. The summed E-state index contributed by atoms with van der Waals surface area (Å²) in [5, 5.41) is 13.4. The lowest BCUT2D eigenvalue weighted by Gasteiger charge is -2.17. The molecular formula is C13H19ClN2O4. The molecule has 0 radical (unpaired) electrons. The quantitative estimate of drug-likeness (QED) is 0.889. The maximum Gasteiger partial charge on any atom is 0.244 e. The molecule has 0 saturated carbocycles. The van der Waals surface area contributed by atoms with Gasteiger partial charge in [0.25, 0.3) is 0 Å². The summed E-state index contributed by atoms with van der Waals surface area (Å²) in [6.07, 6.45) is 1.48. The number of hydrogen-bond donors (Lipinski definition) is 2. The second kappa shape index (κ2) is 7.33. The lowest BCUT2D eigenvalue weighted by Crippen LogP contribution is -2.37. The van der Waals surface area contributed by atoms with Crippen LogP contribution in [0.4, 0.5) is 5.69 Å². The van der Waals surface area contributed by atoms with Crippen LogP contribution < -0.4 is 14.8 Å². The van der Waals surface area contributed by atoms with Gasteiger partial charge < -0.3 is 20.0 Å². The largest absolute Gasteiger partial charge is 0.493 e. The van der Waals surface area contributed by atoms with Gasteiger partial charge >= 0.3 is 0 Å². The molecule has 20 heavy (non-hydrogen) atoms. The first-order valence-corrected chi connectivity index (χ1v) is 6.14. The van der Waals surface area contributed by atoms with Crippen LogP contribution in [0.3, 0.4) is 0 Å². The molecule has 1 aliphatic heterocycles. The molecule has 1 saturated heterocycles. The molecule has 2 rings (SSSR count). The van der Waals surface area contributed by atoms with Gasteiger partial charge in [0.1, 0.15) is 6.04 Å². The molecule has 1 aromatic carbocycles. The number of anilines is 1. The summed E-state index contributed by atoms with van der Waals surface area (Å²) in [7, 11) is 3.09. The van der Waals surface area contributed by atoms with Gasteiger partial charge in [-0.2, -0.15) is 5.06 Å². The third-order valence-corrected chi connectivity index (χ3v) is 3.18. The molecule has 2 N–H and O–H groups in total. The maximum atomic E-state index is 12.0. The molecule has 7 heteroatoms. The number of nitrogens with one attached hydrogen (secondary N) is 1. The van der Waals surface area contributed by atoms with Crippen molar-refractivity contribution in [2.75, 3.05) is 26.1 Å². The van der Waals surface area contributed by atoms with Crippen LogP contribution in [0.1, 0.15) is 12.8 Å². The van der Waals surface area contributed by atoms with Crippen molar-refractivity contribution in [3.63, 3.8) is 0 Å². The van der Waals surface area contributed by atoms with E-state index in [0.29, 0.717) is 30.2 Å². The average Bonchev–Trinajstić information content (AvgIpc) is 2.85. The van der Waals surface area contributed by atoms with Gasteiger partial charge in [-0.1, -0.05) is 0 Å². The molecule has 0 aromatic heterocycles. The Bertz CT molecular complexity index is 470. The topological polar surface area (TPSA) is 71.0 Å². The van der Waals surface area contributed by atoms with Gasteiger partial charge in [0.15, 0.2) is 11.5 Å². The molecule has 1 aliphatic rings. The normalized spacial score (nSPS) is 18.2. The van der Waals surface area contributed by atoms with E-state index in [1.54, 1.807) is 25.3 Å². The lowest BCUT2D eigenvalue weighted by atomic mass is 10.2. The molecule has 112 valence electrons. The first kappa shape index (κ1) is 16.6.